The van der Waals surface area contributed by atoms with Gasteiger partial charge in [-0.3, -0.25) is 0 Å². The van der Waals surface area contributed by atoms with Crippen molar-refractivity contribution in [3.63, 3.8) is 0 Å². The number of imidazole rings is 1. The van der Waals surface area contributed by atoms with Crippen molar-refractivity contribution in [2.75, 3.05) is 6.61 Å². The summed E-state index contributed by atoms with van der Waals surface area (Å²) in [5.41, 5.74) is 2.21. The van der Waals surface area contributed by atoms with Gasteiger partial charge >= 0.3 is 0 Å². The molecule has 0 saturated carbocycles. The Bertz CT molecular complexity index is 1390. The van der Waals surface area contributed by atoms with E-state index in [1.807, 2.05) is 6.92 Å². The lowest BCUT2D eigenvalue weighted by Crippen LogP contribution is -2.02. The van der Waals surface area contributed by atoms with Crippen LogP contribution in [0.1, 0.15) is 23.9 Å². The number of allylic oxidation sites excluding steroid dienone is 1. The fourth-order valence-corrected chi connectivity index (χ4v) is 3.54. The number of rotatable bonds is 7. The van der Waals surface area contributed by atoms with Gasteiger partial charge in [0.25, 0.3) is 0 Å². The SMILES string of the molecule is CCOc1cc(/C=C(/C#N)c2nc3ccc(F)cc3[nH]2)cc(Cl)c1OCc1ccccc1F. The van der Waals surface area contributed by atoms with Crippen LogP contribution in [-0.4, -0.2) is 16.6 Å². The van der Waals surface area contributed by atoms with Crippen molar-refractivity contribution in [1.29, 1.82) is 5.26 Å². The van der Waals surface area contributed by atoms with E-state index < -0.39 is 5.82 Å². The van der Waals surface area contributed by atoms with E-state index in [2.05, 4.69) is 16.0 Å². The molecule has 0 saturated heterocycles. The number of halogens is 3. The van der Waals surface area contributed by atoms with Gasteiger partial charge in [0.2, 0.25) is 0 Å². The second-order valence-electron chi connectivity index (χ2n) is 7.06. The maximum Gasteiger partial charge on any atom is 0.180 e. The van der Waals surface area contributed by atoms with Gasteiger partial charge in [-0.15, -0.1) is 0 Å². The largest absolute Gasteiger partial charge is 0.490 e. The van der Waals surface area contributed by atoms with Crippen LogP contribution in [0.4, 0.5) is 8.78 Å². The summed E-state index contributed by atoms with van der Waals surface area (Å²) in [6.45, 7) is 2.13. The zero-order valence-electron chi connectivity index (χ0n) is 17.5. The molecule has 166 valence electrons. The van der Waals surface area contributed by atoms with Crippen molar-refractivity contribution in [2.24, 2.45) is 0 Å². The summed E-state index contributed by atoms with van der Waals surface area (Å²) in [5.74, 6) is 0.148. The monoisotopic (exact) mass is 465 g/mol. The second-order valence-corrected chi connectivity index (χ2v) is 7.47. The summed E-state index contributed by atoms with van der Waals surface area (Å²) in [6, 6.07) is 15.8. The van der Waals surface area contributed by atoms with Crippen LogP contribution in [0, 0.1) is 23.0 Å². The summed E-state index contributed by atoms with van der Waals surface area (Å²) >= 11 is 6.45. The molecule has 0 bridgehead atoms. The maximum atomic E-state index is 13.9. The molecule has 8 heteroatoms. The van der Waals surface area contributed by atoms with Gasteiger partial charge in [-0.25, -0.2) is 13.8 Å². The van der Waals surface area contributed by atoms with Crippen LogP contribution < -0.4 is 9.47 Å². The van der Waals surface area contributed by atoms with Gasteiger partial charge in [-0.05, 0) is 55.0 Å². The molecule has 3 aromatic carbocycles. The van der Waals surface area contributed by atoms with Crippen molar-refractivity contribution >= 4 is 34.3 Å². The quantitative estimate of drug-likeness (QED) is 0.315. The predicted molar refractivity (Wildman–Crippen MR) is 123 cm³/mol. The molecule has 1 heterocycles. The Morgan fingerprint density at radius 1 is 1.15 bits per heavy atom. The highest BCUT2D eigenvalue weighted by Crippen LogP contribution is 2.38. The van der Waals surface area contributed by atoms with Gasteiger partial charge in [0.1, 0.15) is 30.1 Å². The van der Waals surface area contributed by atoms with Crippen LogP contribution in [0.5, 0.6) is 11.5 Å². The summed E-state index contributed by atoms with van der Waals surface area (Å²) in [6.07, 6.45) is 1.59. The topological polar surface area (TPSA) is 70.9 Å². The van der Waals surface area contributed by atoms with E-state index >= 15 is 0 Å². The lowest BCUT2D eigenvalue weighted by molar-refractivity contribution is 0.266. The second kappa shape index (κ2) is 9.72. The number of nitrogens with one attached hydrogen (secondary N) is 1. The van der Waals surface area contributed by atoms with Gasteiger partial charge in [0.15, 0.2) is 11.5 Å². The number of nitrogens with zero attached hydrogens (tertiary/aromatic N) is 2. The molecular weight excluding hydrogens is 448 g/mol. The Kier molecular flexibility index (Phi) is 6.57. The first kappa shape index (κ1) is 22.3. The molecule has 0 aliphatic rings. The molecule has 5 nitrogen and oxygen atoms in total. The lowest BCUT2D eigenvalue weighted by atomic mass is 10.1. The number of H-pyrrole nitrogens is 1. The number of benzene rings is 3. The first-order valence-corrected chi connectivity index (χ1v) is 10.5. The van der Waals surface area contributed by atoms with Gasteiger partial charge in [-0.1, -0.05) is 29.8 Å². The van der Waals surface area contributed by atoms with E-state index in [0.717, 1.165) is 0 Å². The first-order valence-electron chi connectivity index (χ1n) is 10.1. The molecule has 4 aromatic rings. The number of fused-ring (bicyclic) bond motifs is 1. The van der Waals surface area contributed by atoms with Crippen molar-refractivity contribution < 1.29 is 18.3 Å². The molecule has 1 aromatic heterocycles. The first-order chi connectivity index (χ1) is 16.0. The maximum absolute atomic E-state index is 13.9. The van der Waals surface area contributed by atoms with E-state index in [1.54, 1.807) is 36.4 Å². The van der Waals surface area contributed by atoms with Crippen LogP contribution in [0.2, 0.25) is 5.02 Å². The van der Waals surface area contributed by atoms with Crippen molar-refractivity contribution in [3.8, 4) is 17.6 Å². The van der Waals surface area contributed by atoms with Crippen molar-refractivity contribution in [2.45, 2.75) is 13.5 Å². The van der Waals surface area contributed by atoms with E-state index in [4.69, 9.17) is 21.1 Å². The Labute approximate surface area is 193 Å². The summed E-state index contributed by atoms with van der Waals surface area (Å²) in [7, 11) is 0. The molecule has 1 N–H and O–H groups in total. The third kappa shape index (κ3) is 4.97. The van der Waals surface area contributed by atoms with Gasteiger partial charge in [0.05, 0.1) is 28.2 Å². The van der Waals surface area contributed by atoms with Crippen LogP contribution >= 0.6 is 11.6 Å². The average Bonchev–Trinajstić information content (AvgIpc) is 3.21. The molecule has 0 amide bonds. The number of hydrogen-bond acceptors (Lipinski definition) is 4. The molecule has 0 aliphatic carbocycles. The van der Waals surface area contributed by atoms with Crippen LogP contribution in [-0.2, 0) is 6.61 Å². The number of nitriles is 1. The molecule has 0 fully saturated rings. The third-order valence-corrected chi connectivity index (χ3v) is 5.07. The van der Waals surface area contributed by atoms with Crippen LogP contribution in [0.15, 0.2) is 54.6 Å². The van der Waals surface area contributed by atoms with E-state index in [9.17, 15) is 14.0 Å². The van der Waals surface area contributed by atoms with Crippen molar-refractivity contribution in [1.82, 2.24) is 9.97 Å². The number of ether oxygens (including phenoxy) is 2. The lowest BCUT2D eigenvalue weighted by Gasteiger charge is -2.15. The zero-order valence-corrected chi connectivity index (χ0v) is 18.3. The Balaban J connectivity index is 1.67. The highest BCUT2D eigenvalue weighted by molar-refractivity contribution is 6.32. The summed E-state index contributed by atoms with van der Waals surface area (Å²) in [5, 5.41) is 9.92. The van der Waals surface area contributed by atoms with Crippen LogP contribution in [0.3, 0.4) is 0 Å². The molecule has 4 rings (SSSR count). The summed E-state index contributed by atoms with van der Waals surface area (Å²) in [4.78, 5) is 7.30. The molecule has 0 spiro atoms. The fraction of sp³-hybridized carbons (Fsp3) is 0.120. The normalized spacial score (nSPS) is 11.4. The number of aromatic nitrogens is 2. The fourth-order valence-electron chi connectivity index (χ4n) is 3.27. The van der Waals surface area contributed by atoms with E-state index in [0.29, 0.717) is 40.3 Å². The molecule has 33 heavy (non-hydrogen) atoms. The Morgan fingerprint density at radius 3 is 2.73 bits per heavy atom. The molecule has 0 unspecified atom stereocenters. The Morgan fingerprint density at radius 2 is 1.97 bits per heavy atom. The summed E-state index contributed by atoms with van der Waals surface area (Å²) < 4.78 is 38.9. The van der Waals surface area contributed by atoms with Gasteiger partial charge in [0, 0.05) is 5.56 Å². The number of aromatic amines is 1. The Hall–Kier alpha value is -3.89. The molecule has 0 aliphatic heterocycles. The van der Waals surface area contributed by atoms with E-state index in [1.165, 1.54) is 24.3 Å². The molecule has 0 atom stereocenters. The minimum absolute atomic E-state index is 0.0271. The van der Waals surface area contributed by atoms with E-state index in [-0.39, 0.29) is 28.8 Å². The zero-order chi connectivity index (χ0) is 23.4. The van der Waals surface area contributed by atoms with Gasteiger partial charge in [-0.2, -0.15) is 5.26 Å². The highest BCUT2D eigenvalue weighted by atomic mass is 35.5. The molecular formula is C25H18ClF2N3O2. The van der Waals surface area contributed by atoms with Crippen LogP contribution in [0.25, 0.3) is 22.7 Å². The standard InChI is InChI=1S/C25H18ClF2N3O2/c1-2-32-23-11-15(10-19(26)24(23)33-14-16-5-3-4-6-20(16)28)9-17(13-29)25-30-21-8-7-18(27)12-22(21)31-25/h3-12H,2,14H2,1H3,(H,30,31)/b17-9-. The number of hydrogen-bond donors (Lipinski definition) is 1. The third-order valence-electron chi connectivity index (χ3n) is 4.79. The van der Waals surface area contributed by atoms with Crippen molar-refractivity contribution in [3.05, 3.63) is 88.2 Å². The van der Waals surface area contributed by atoms with Gasteiger partial charge < -0.3 is 14.5 Å². The minimum atomic E-state index is -0.403. The average molecular weight is 466 g/mol. The highest BCUT2D eigenvalue weighted by Gasteiger charge is 2.15. The minimum Gasteiger partial charge on any atom is -0.490 e. The predicted octanol–water partition coefficient (Wildman–Crippen LogP) is 6.54. The molecule has 0 radical (unpaired) electrons. The smallest absolute Gasteiger partial charge is 0.180 e.